The molecule has 1 unspecified atom stereocenters. The van der Waals surface area contributed by atoms with Crippen molar-refractivity contribution in [2.24, 2.45) is 11.7 Å². The maximum atomic E-state index is 12.5. The lowest BCUT2D eigenvalue weighted by atomic mass is 10.1. The second-order valence-corrected chi connectivity index (χ2v) is 6.39. The molecule has 1 aromatic rings. The summed E-state index contributed by atoms with van der Waals surface area (Å²) in [5.41, 5.74) is 7.59. The second kappa shape index (κ2) is 7.00. The first kappa shape index (κ1) is 17.3. The van der Waals surface area contributed by atoms with Crippen molar-refractivity contribution in [2.45, 2.75) is 39.8 Å². The molecule has 2 amide bonds. The number of rotatable bonds is 4. The van der Waals surface area contributed by atoms with Gasteiger partial charge < -0.3 is 20.7 Å². The summed E-state index contributed by atoms with van der Waals surface area (Å²) in [6.45, 7) is 8.02. The predicted octanol–water partition coefficient (Wildman–Crippen LogP) is 1.21. The highest BCUT2D eigenvalue weighted by atomic mass is 16.5. The van der Waals surface area contributed by atoms with Gasteiger partial charge in [0.15, 0.2) is 0 Å². The van der Waals surface area contributed by atoms with Gasteiger partial charge in [0.25, 0.3) is 0 Å². The first-order chi connectivity index (χ1) is 10.8. The van der Waals surface area contributed by atoms with Crippen molar-refractivity contribution in [3.63, 3.8) is 0 Å². The molecule has 3 N–H and O–H groups in total. The van der Waals surface area contributed by atoms with Crippen LogP contribution in [0.25, 0.3) is 0 Å². The van der Waals surface area contributed by atoms with Crippen LogP contribution in [0.15, 0.2) is 18.2 Å². The molecule has 0 fully saturated rings. The summed E-state index contributed by atoms with van der Waals surface area (Å²) in [4.78, 5) is 26.1. The van der Waals surface area contributed by atoms with Gasteiger partial charge in [0.2, 0.25) is 11.8 Å². The molecule has 126 valence electrons. The minimum absolute atomic E-state index is 0.0252. The van der Waals surface area contributed by atoms with Crippen LogP contribution >= 0.6 is 0 Å². The lowest BCUT2D eigenvalue weighted by Gasteiger charge is -2.33. The summed E-state index contributed by atoms with van der Waals surface area (Å²) < 4.78 is 5.79. The zero-order valence-electron chi connectivity index (χ0n) is 14.1. The van der Waals surface area contributed by atoms with Crippen molar-refractivity contribution in [1.82, 2.24) is 5.32 Å². The number of hydrogen-bond donors (Lipinski definition) is 2. The Morgan fingerprint density at radius 2 is 2.13 bits per heavy atom. The van der Waals surface area contributed by atoms with Gasteiger partial charge in [-0.1, -0.05) is 19.9 Å². The molecule has 0 aromatic heterocycles. The van der Waals surface area contributed by atoms with Crippen molar-refractivity contribution in [1.29, 1.82) is 0 Å². The molecule has 0 saturated heterocycles. The quantitative estimate of drug-likeness (QED) is 0.873. The lowest BCUT2D eigenvalue weighted by molar-refractivity contribution is -0.126. The maximum absolute atomic E-state index is 12.5. The van der Waals surface area contributed by atoms with E-state index in [1.54, 1.807) is 4.90 Å². The van der Waals surface area contributed by atoms with Gasteiger partial charge in [-0.15, -0.1) is 0 Å². The van der Waals surface area contributed by atoms with Crippen LogP contribution in [0.1, 0.15) is 26.3 Å². The van der Waals surface area contributed by atoms with Crippen molar-refractivity contribution in [3.05, 3.63) is 23.8 Å². The first-order valence-corrected chi connectivity index (χ1v) is 7.90. The van der Waals surface area contributed by atoms with E-state index in [4.69, 9.17) is 10.5 Å². The third kappa shape index (κ3) is 4.01. The molecular formula is C17H25N3O3. The molecule has 0 spiro atoms. The summed E-state index contributed by atoms with van der Waals surface area (Å²) in [6.07, 6.45) is -0.0955. The molecule has 1 aromatic carbocycles. The van der Waals surface area contributed by atoms with E-state index in [9.17, 15) is 9.59 Å². The van der Waals surface area contributed by atoms with Crippen LogP contribution in [-0.4, -0.2) is 37.0 Å². The number of benzene rings is 1. The highest BCUT2D eigenvalue weighted by Gasteiger charge is 2.28. The van der Waals surface area contributed by atoms with E-state index in [-0.39, 0.29) is 30.4 Å². The molecule has 0 bridgehead atoms. The Balaban J connectivity index is 2.07. The number of carbonyl (C=O) groups excluding carboxylic acids is 2. The third-order valence-electron chi connectivity index (χ3n) is 3.91. The highest BCUT2D eigenvalue weighted by molar-refractivity contribution is 5.98. The van der Waals surface area contributed by atoms with E-state index in [1.807, 2.05) is 45.9 Å². The van der Waals surface area contributed by atoms with E-state index in [2.05, 4.69) is 5.32 Å². The Morgan fingerprint density at radius 3 is 2.78 bits per heavy atom. The number of carbonyl (C=O) groups is 2. The minimum Gasteiger partial charge on any atom is -0.487 e. The first-order valence-electron chi connectivity index (χ1n) is 7.90. The number of nitrogens with one attached hydrogen (secondary N) is 1. The van der Waals surface area contributed by atoms with Crippen LogP contribution in [0, 0.1) is 12.8 Å². The molecule has 1 aliphatic heterocycles. The molecule has 0 radical (unpaired) electrons. The van der Waals surface area contributed by atoms with Gasteiger partial charge in [-0.25, -0.2) is 0 Å². The largest absolute Gasteiger partial charge is 0.487 e. The van der Waals surface area contributed by atoms with Gasteiger partial charge in [-0.2, -0.15) is 0 Å². The number of nitrogens with zero attached hydrogens (tertiary/aromatic N) is 1. The predicted molar refractivity (Wildman–Crippen MR) is 89.4 cm³/mol. The number of ether oxygens (including phenoxy) is 1. The molecule has 6 nitrogen and oxygen atoms in total. The molecule has 1 heterocycles. The fourth-order valence-corrected chi connectivity index (χ4v) is 2.46. The molecule has 6 heteroatoms. The molecule has 23 heavy (non-hydrogen) atoms. The molecule has 0 aliphatic carbocycles. The zero-order valence-corrected chi connectivity index (χ0v) is 14.1. The Kier molecular flexibility index (Phi) is 5.26. The summed E-state index contributed by atoms with van der Waals surface area (Å²) >= 11 is 0. The average molecular weight is 319 g/mol. The van der Waals surface area contributed by atoms with Crippen LogP contribution in [0.4, 0.5) is 5.69 Å². The topological polar surface area (TPSA) is 84.7 Å². The smallest absolute Gasteiger partial charge is 0.246 e. The fraction of sp³-hybridized carbons (Fsp3) is 0.529. The number of nitrogens with two attached hydrogens (primary N) is 1. The maximum Gasteiger partial charge on any atom is 0.246 e. The lowest BCUT2D eigenvalue weighted by Crippen LogP contribution is -2.50. The second-order valence-electron chi connectivity index (χ2n) is 6.39. The van der Waals surface area contributed by atoms with Crippen molar-refractivity contribution >= 4 is 17.5 Å². The van der Waals surface area contributed by atoms with Gasteiger partial charge in [-0.3, -0.25) is 9.59 Å². The van der Waals surface area contributed by atoms with Gasteiger partial charge in [-0.05, 0) is 37.5 Å². The number of anilines is 1. The van der Waals surface area contributed by atoms with Crippen molar-refractivity contribution in [2.75, 3.05) is 18.0 Å². The molecule has 0 saturated carbocycles. The number of amides is 2. The molecule has 2 rings (SSSR count). The van der Waals surface area contributed by atoms with E-state index < -0.39 is 6.04 Å². The Bertz CT molecular complexity index is 601. The Morgan fingerprint density at radius 1 is 1.43 bits per heavy atom. The zero-order chi connectivity index (χ0) is 17.1. The number of hydrogen-bond acceptors (Lipinski definition) is 4. The van der Waals surface area contributed by atoms with E-state index in [0.29, 0.717) is 12.3 Å². The van der Waals surface area contributed by atoms with Crippen molar-refractivity contribution in [3.8, 4) is 5.75 Å². The number of aryl methyl sites for hydroxylation is 1. The molecular weight excluding hydrogens is 294 g/mol. The fourth-order valence-electron chi connectivity index (χ4n) is 2.46. The Labute approximate surface area is 137 Å². The van der Waals surface area contributed by atoms with Crippen LogP contribution in [0.3, 0.4) is 0 Å². The van der Waals surface area contributed by atoms with Gasteiger partial charge >= 0.3 is 0 Å². The molecule has 2 atom stereocenters. The van der Waals surface area contributed by atoms with Gasteiger partial charge in [0.1, 0.15) is 11.9 Å². The van der Waals surface area contributed by atoms with Gasteiger partial charge in [0, 0.05) is 0 Å². The van der Waals surface area contributed by atoms with Gasteiger partial charge in [0.05, 0.1) is 24.8 Å². The summed E-state index contributed by atoms with van der Waals surface area (Å²) in [5.74, 6) is 0.243. The van der Waals surface area contributed by atoms with Crippen LogP contribution < -0.4 is 20.7 Å². The highest BCUT2D eigenvalue weighted by Crippen LogP contribution is 2.34. The normalized spacial score (nSPS) is 18.2. The SMILES string of the molecule is Cc1ccc2c(c1)OC(C)CN2C(=O)CNC(=O)[C@@H](N)C(C)C. The number of fused-ring (bicyclic) bond motifs is 1. The summed E-state index contributed by atoms with van der Waals surface area (Å²) in [5, 5.41) is 2.62. The van der Waals surface area contributed by atoms with Crippen molar-refractivity contribution < 1.29 is 14.3 Å². The molecule has 1 aliphatic rings. The standard InChI is InChI=1S/C17H25N3O3/c1-10(2)16(18)17(22)19-8-15(21)20-9-12(4)23-14-7-11(3)5-6-13(14)20/h5-7,10,12,16H,8-9,18H2,1-4H3,(H,19,22)/t12?,16-/m0/s1. The van der Waals surface area contributed by atoms with Crippen LogP contribution in [-0.2, 0) is 9.59 Å². The monoisotopic (exact) mass is 319 g/mol. The minimum atomic E-state index is -0.610. The average Bonchev–Trinajstić information content (AvgIpc) is 2.49. The summed E-state index contributed by atoms with van der Waals surface area (Å²) in [7, 11) is 0. The Hall–Kier alpha value is -2.08. The summed E-state index contributed by atoms with van der Waals surface area (Å²) in [6, 6.07) is 5.11. The van der Waals surface area contributed by atoms with E-state index in [1.165, 1.54) is 0 Å². The van der Waals surface area contributed by atoms with E-state index in [0.717, 1.165) is 11.3 Å². The van der Waals surface area contributed by atoms with Crippen LogP contribution in [0.5, 0.6) is 5.75 Å². The third-order valence-corrected chi connectivity index (χ3v) is 3.91. The van der Waals surface area contributed by atoms with Crippen LogP contribution in [0.2, 0.25) is 0 Å². The van der Waals surface area contributed by atoms with E-state index >= 15 is 0 Å².